The highest BCUT2D eigenvalue weighted by Crippen LogP contribution is 2.22. The van der Waals surface area contributed by atoms with Crippen LogP contribution in [0.2, 0.25) is 0 Å². The SMILES string of the molecule is CCNC(=O)[C@@H](Cc1ccccc1)N(Cc1ccccc1)C(=O)CN(c1ccc(F)cc1)S(=O)(=O)N(C)C. The number of carbonyl (C=O) groups is 2. The van der Waals surface area contributed by atoms with Crippen LogP contribution in [0, 0.1) is 5.82 Å². The Balaban J connectivity index is 2.05. The lowest BCUT2D eigenvalue weighted by Gasteiger charge is -2.34. The first-order valence-electron chi connectivity index (χ1n) is 12.2. The van der Waals surface area contributed by atoms with Crippen LogP contribution in [-0.2, 0) is 32.8 Å². The lowest BCUT2D eigenvalue weighted by molar-refractivity contribution is -0.140. The van der Waals surface area contributed by atoms with Gasteiger partial charge in [-0.3, -0.25) is 9.59 Å². The van der Waals surface area contributed by atoms with Gasteiger partial charge in [-0.1, -0.05) is 60.7 Å². The standard InChI is InChI=1S/C28H33FN4O4S/c1-4-30-28(35)26(19-22-11-7-5-8-12-22)32(20-23-13-9-6-10-14-23)27(34)21-33(38(36,37)31(2)3)25-17-15-24(29)16-18-25/h5-18,26H,4,19-21H2,1-3H3,(H,30,35)/t26-/m1/s1. The van der Waals surface area contributed by atoms with Crippen LogP contribution >= 0.6 is 0 Å². The molecule has 0 saturated heterocycles. The van der Waals surface area contributed by atoms with E-state index in [9.17, 15) is 22.4 Å². The van der Waals surface area contributed by atoms with Crippen LogP contribution in [0.25, 0.3) is 0 Å². The summed E-state index contributed by atoms with van der Waals surface area (Å²) in [5, 5.41) is 2.81. The van der Waals surface area contributed by atoms with E-state index in [1.54, 1.807) is 6.92 Å². The molecule has 0 heterocycles. The number of anilines is 1. The van der Waals surface area contributed by atoms with Crippen LogP contribution in [0.5, 0.6) is 0 Å². The second kappa shape index (κ2) is 13.2. The van der Waals surface area contributed by atoms with Gasteiger partial charge in [-0.15, -0.1) is 0 Å². The fourth-order valence-corrected chi connectivity index (χ4v) is 5.01. The van der Waals surface area contributed by atoms with Crippen molar-refractivity contribution in [3.8, 4) is 0 Å². The van der Waals surface area contributed by atoms with Crippen LogP contribution in [0.1, 0.15) is 18.1 Å². The van der Waals surface area contributed by atoms with E-state index in [0.29, 0.717) is 6.54 Å². The van der Waals surface area contributed by atoms with Gasteiger partial charge in [-0.2, -0.15) is 12.7 Å². The van der Waals surface area contributed by atoms with Crippen molar-refractivity contribution in [1.29, 1.82) is 0 Å². The fraction of sp³-hybridized carbons (Fsp3) is 0.286. The quantitative estimate of drug-likeness (QED) is 0.382. The van der Waals surface area contributed by atoms with Gasteiger partial charge in [0.1, 0.15) is 18.4 Å². The summed E-state index contributed by atoms with van der Waals surface area (Å²) in [7, 11) is -1.42. The van der Waals surface area contributed by atoms with Crippen LogP contribution in [0.3, 0.4) is 0 Å². The Kier molecular flexibility index (Phi) is 9.98. The molecule has 202 valence electrons. The summed E-state index contributed by atoms with van der Waals surface area (Å²) in [6.07, 6.45) is 0.238. The second-order valence-corrected chi connectivity index (χ2v) is 10.9. The zero-order valence-electron chi connectivity index (χ0n) is 21.7. The number of nitrogens with zero attached hydrogens (tertiary/aromatic N) is 3. The average molecular weight is 541 g/mol. The van der Waals surface area contributed by atoms with Crippen molar-refractivity contribution in [1.82, 2.24) is 14.5 Å². The molecule has 2 amide bonds. The van der Waals surface area contributed by atoms with Gasteiger partial charge in [-0.05, 0) is 42.3 Å². The highest BCUT2D eigenvalue weighted by atomic mass is 32.2. The minimum atomic E-state index is -4.13. The van der Waals surface area contributed by atoms with E-state index >= 15 is 0 Å². The Morgan fingerprint density at radius 3 is 1.95 bits per heavy atom. The molecule has 0 aliphatic carbocycles. The molecule has 1 N–H and O–H groups in total. The van der Waals surface area contributed by atoms with E-state index in [0.717, 1.165) is 31.9 Å². The van der Waals surface area contributed by atoms with Crippen LogP contribution in [0.4, 0.5) is 10.1 Å². The molecule has 0 saturated carbocycles. The van der Waals surface area contributed by atoms with E-state index in [1.165, 1.54) is 31.1 Å². The summed E-state index contributed by atoms with van der Waals surface area (Å²) in [6, 6.07) is 22.5. The molecule has 38 heavy (non-hydrogen) atoms. The van der Waals surface area contributed by atoms with Crippen LogP contribution in [0.15, 0.2) is 84.9 Å². The van der Waals surface area contributed by atoms with Crippen molar-refractivity contribution in [2.75, 3.05) is 31.5 Å². The van der Waals surface area contributed by atoms with E-state index in [4.69, 9.17) is 0 Å². The topological polar surface area (TPSA) is 90.0 Å². The first-order valence-corrected chi connectivity index (χ1v) is 13.6. The molecular formula is C28H33FN4O4S. The molecule has 0 radical (unpaired) electrons. The lowest BCUT2D eigenvalue weighted by Crippen LogP contribution is -2.54. The Labute approximate surface area is 223 Å². The molecule has 0 spiro atoms. The van der Waals surface area contributed by atoms with Crippen molar-refractivity contribution < 1.29 is 22.4 Å². The highest BCUT2D eigenvalue weighted by molar-refractivity contribution is 7.90. The third kappa shape index (κ3) is 7.39. The minimum Gasteiger partial charge on any atom is -0.355 e. The smallest absolute Gasteiger partial charge is 0.304 e. The molecule has 3 rings (SSSR count). The number of amides is 2. The highest BCUT2D eigenvalue weighted by Gasteiger charge is 2.34. The maximum absolute atomic E-state index is 14.0. The minimum absolute atomic E-state index is 0.0909. The number of likely N-dealkylation sites (N-methyl/N-ethyl adjacent to an activating group) is 1. The van der Waals surface area contributed by atoms with Gasteiger partial charge in [0, 0.05) is 33.6 Å². The van der Waals surface area contributed by atoms with E-state index in [2.05, 4.69) is 5.32 Å². The molecule has 8 nitrogen and oxygen atoms in total. The van der Waals surface area contributed by atoms with Gasteiger partial charge >= 0.3 is 10.2 Å². The zero-order valence-corrected chi connectivity index (χ0v) is 22.6. The van der Waals surface area contributed by atoms with Crippen molar-refractivity contribution >= 4 is 27.7 Å². The molecule has 0 aromatic heterocycles. The Morgan fingerprint density at radius 1 is 0.868 bits per heavy atom. The van der Waals surface area contributed by atoms with Gasteiger partial charge < -0.3 is 10.2 Å². The van der Waals surface area contributed by atoms with Crippen molar-refractivity contribution in [2.24, 2.45) is 0 Å². The summed E-state index contributed by atoms with van der Waals surface area (Å²) in [5.41, 5.74) is 1.77. The maximum Gasteiger partial charge on any atom is 0.304 e. The summed E-state index contributed by atoms with van der Waals surface area (Å²) in [4.78, 5) is 28.7. The largest absolute Gasteiger partial charge is 0.355 e. The van der Waals surface area contributed by atoms with Gasteiger partial charge in [0.2, 0.25) is 11.8 Å². The number of rotatable bonds is 12. The van der Waals surface area contributed by atoms with Crippen LogP contribution in [-0.4, -0.2) is 62.7 Å². The summed E-state index contributed by atoms with van der Waals surface area (Å²) >= 11 is 0. The first-order chi connectivity index (χ1) is 18.1. The first kappa shape index (κ1) is 28.8. The molecule has 1 atom stereocenters. The molecule has 3 aromatic rings. The predicted molar refractivity (Wildman–Crippen MR) is 146 cm³/mol. The molecular weight excluding hydrogens is 507 g/mol. The Morgan fingerprint density at radius 2 is 1.42 bits per heavy atom. The summed E-state index contributed by atoms with van der Waals surface area (Å²) in [5.74, 6) is -1.45. The third-order valence-electron chi connectivity index (χ3n) is 5.95. The van der Waals surface area contributed by atoms with Gasteiger partial charge in [0.15, 0.2) is 0 Å². The molecule has 10 heteroatoms. The number of halogens is 1. The Bertz CT molecular complexity index is 1300. The molecule has 0 aliphatic heterocycles. The van der Waals surface area contributed by atoms with Gasteiger partial charge in [0.25, 0.3) is 0 Å². The summed E-state index contributed by atoms with van der Waals surface area (Å²) < 4.78 is 42.0. The average Bonchev–Trinajstić information content (AvgIpc) is 2.91. The molecule has 3 aromatic carbocycles. The molecule has 0 fully saturated rings. The molecule has 0 aliphatic rings. The summed E-state index contributed by atoms with van der Waals surface area (Å²) in [6.45, 7) is 1.67. The van der Waals surface area contributed by atoms with E-state index in [-0.39, 0.29) is 24.6 Å². The fourth-order valence-electron chi connectivity index (χ4n) is 3.95. The number of hydrogen-bond acceptors (Lipinski definition) is 4. The molecule has 0 unspecified atom stereocenters. The Hall–Kier alpha value is -3.76. The van der Waals surface area contributed by atoms with E-state index < -0.39 is 34.5 Å². The van der Waals surface area contributed by atoms with Crippen LogP contribution < -0.4 is 9.62 Å². The number of carbonyl (C=O) groups excluding carboxylic acids is 2. The number of hydrogen-bond donors (Lipinski definition) is 1. The van der Waals surface area contributed by atoms with Crippen molar-refractivity contribution in [3.05, 3.63) is 102 Å². The number of benzene rings is 3. The molecule has 0 bridgehead atoms. The van der Waals surface area contributed by atoms with Crippen molar-refractivity contribution in [3.63, 3.8) is 0 Å². The monoisotopic (exact) mass is 540 g/mol. The normalized spacial score (nSPS) is 12.1. The van der Waals surface area contributed by atoms with Crippen molar-refractivity contribution in [2.45, 2.75) is 25.9 Å². The maximum atomic E-state index is 14.0. The van der Waals surface area contributed by atoms with Gasteiger partial charge in [0.05, 0.1) is 5.69 Å². The van der Waals surface area contributed by atoms with E-state index in [1.807, 2.05) is 60.7 Å². The number of nitrogens with one attached hydrogen (secondary N) is 1. The lowest BCUT2D eigenvalue weighted by atomic mass is 10.0. The second-order valence-electron chi connectivity index (χ2n) is 8.88. The predicted octanol–water partition coefficient (Wildman–Crippen LogP) is 3.21. The van der Waals surface area contributed by atoms with Gasteiger partial charge in [-0.25, -0.2) is 8.70 Å². The zero-order chi connectivity index (χ0) is 27.7. The third-order valence-corrected chi connectivity index (χ3v) is 7.77.